The molecule has 2 rings (SSSR count). The first-order chi connectivity index (χ1) is 9.04. The molecule has 100 valence electrons. The molecule has 0 aliphatic rings. The summed E-state index contributed by atoms with van der Waals surface area (Å²) in [5, 5.41) is 9.27. The fourth-order valence-electron chi connectivity index (χ4n) is 1.64. The van der Waals surface area contributed by atoms with Crippen molar-refractivity contribution in [3.8, 4) is 0 Å². The number of aromatic nitrogens is 3. The zero-order chi connectivity index (χ0) is 14.0. The zero-order valence-corrected chi connectivity index (χ0v) is 10.4. The summed E-state index contributed by atoms with van der Waals surface area (Å²) in [6.07, 6.45) is 1.29. The van der Waals surface area contributed by atoms with Gasteiger partial charge in [-0.1, -0.05) is 0 Å². The third-order valence-corrected chi connectivity index (χ3v) is 2.64. The van der Waals surface area contributed by atoms with Crippen molar-refractivity contribution < 1.29 is 9.18 Å². The van der Waals surface area contributed by atoms with Crippen molar-refractivity contribution in [3.05, 3.63) is 35.0 Å². The monoisotopic (exact) mass is 264 g/mol. The molecule has 0 spiro atoms. The minimum Gasteiger partial charge on any atom is -0.319 e. The van der Waals surface area contributed by atoms with Crippen LogP contribution in [0.15, 0.2) is 12.3 Å². The molecule has 0 unspecified atom stereocenters. The average molecular weight is 264 g/mol. The van der Waals surface area contributed by atoms with Gasteiger partial charge in [-0.2, -0.15) is 5.10 Å². The molecule has 8 heteroatoms. The lowest BCUT2D eigenvalue weighted by Gasteiger charge is -2.08. The Labute approximate surface area is 108 Å². The number of H-pyrrole nitrogens is 1. The van der Waals surface area contributed by atoms with Gasteiger partial charge in [0.2, 0.25) is 0 Å². The number of rotatable bonds is 3. The first kappa shape index (κ1) is 13.0. The van der Waals surface area contributed by atoms with E-state index in [4.69, 9.17) is 5.84 Å². The molecule has 7 nitrogen and oxygen atoms in total. The zero-order valence-electron chi connectivity index (χ0n) is 10.4. The van der Waals surface area contributed by atoms with Crippen molar-refractivity contribution in [3.63, 3.8) is 0 Å². The number of pyridine rings is 1. The molecule has 19 heavy (non-hydrogen) atoms. The lowest BCUT2D eigenvalue weighted by molar-refractivity contribution is 0.102. The van der Waals surface area contributed by atoms with Gasteiger partial charge in [-0.15, -0.1) is 0 Å². The molecule has 1 amide bonds. The highest BCUT2D eigenvalue weighted by atomic mass is 19.1. The van der Waals surface area contributed by atoms with E-state index in [-0.39, 0.29) is 11.4 Å². The Hall–Kier alpha value is -2.48. The Kier molecular flexibility index (Phi) is 3.43. The Morgan fingerprint density at radius 1 is 1.47 bits per heavy atom. The van der Waals surface area contributed by atoms with Crippen LogP contribution in [0, 0.1) is 19.7 Å². The number of aryl methyl sites for hydroxylation is 2. The molecular weight excluding hydrogens is 251 g/mol. The van der Waals surface area contributed by atoms with Gasteiger partial charge >= 0.3 is 0 Å². The van der Waals surface area contributed by atoms with Gasteiger partial charge in [-0.3, -0.25) is 9.89 Å². The van der Waals surface area contributed by atoms with Gasteiger partial charge in [-0.25, -0.2) is 15.2 Å². The summed E-state index contributed by atoms with van der Waals surface area (Å²) in [5.74, 6) is 3.52. The van der Waals surface area contributed by atoms with Crippen molar-refractivity contribution in [2.45, 2.75) is 13.8 Å². The number of nitrogens with one attached hydrogen (secondary N) is 3. The molecule has 0 radical (unpaired) electrons. The maximum absolute atomic E-state index is 13.9. The summed E-state index contributed by atoms with van der Waals surface area (Å²) in [7, 11) is 0. The number of carbonyl (C=O) groups is 1. The number of halogens is 1. The van der Waals surface area contributed by atoms with Crippen LogP contribution in [0.25, 0.3) is 0 Å². The number of carbonyl (C=O) groups excluding carboxylic acids is 1. The number of hydrogen-bond donors (Lipinski definition) is 4. The first-order valence-electron chi connectivity index (χ1n) is 5.48. The molecule has 0 fully saturated rings. The Morgan fingerprint density at radius 3 is 2.79 bits per heavy atom. The van der Waals surface area contributed by atoms with E-state index in [1.165, 1.54) is 12.3 Å². The van der Waals surface area contributed by atoms with Crippen LogP contribution in [0.3, 0.4) is 0 Å². The fourth-order valence-corrected chi connectivity index (χ4v) is 1.64. The molecule has 2 aromatic heterocycles. The molecule has 2 aromatic rings. The number of nitrogens with two attached hydrogens (primary N) is 1. The Bertz CT molecular complexity index is 604. The van der Waals surface area contributed by atoms with E-state index in [0.717, 1.165) is 0 Å². The third kappa shape index (κ3) is 2.38. The SMILES string of the molecule is Cc1n[nH]c(C)c1NC(=O)c1ccnc(NN)c1F. The van der Waals surface area contributed by atoms with Crippen molar-refractivity contribution in [1.29, 1.82) is 0 Å². The molecule has 0 atom stereocenters. The summed E-state index contributed by atoms with van der Waals surface area (Å²) in [6.45, 7) is 3.49. The maximum atomic E-state index is 13.9. The van der Waals surface area contributed by atoms with Gasteiger partial charge in [0.25, 0.3) is 5.91 Å². The van der Waals surface area contributed by atoms with E-state index in [2.05, 4.69) is 25.9 Å². The minimum atomic E-state index is -0.804. The van der Waals surface area contributed by atoms with E-state index in [9.17, 15) is 9.18 Å². The standard InChI is InChI=1S/C11H13FN6O/c1-5-9(6(2)18-17-5)15-11(19)7-3-4-14-10(16-13)8(7)12/h3-4H,13H2,1-2H3,(H,14,16)(H,15,19)(H,17,18). The van der Waals surface area contributed by atoms with Crippen LogP contribution >= 0.6 is 0 Å². The summed E-state index contributed by atoms with van der Waals surface area (Å²) in [4.78, 5) is 15.7. The van der Waals surface area contributed by atoms with Crippen molar-refractivity contribution in [1.82, 2.24) is 15.2 Å². The molecule has 0 aromatic carbocycles. The summed E-state index contributed by atoms with van der Waals surface area (Å²) >= 11 is 0. The van der Waals surface area contributed by atoms with Gasteiger partial charge in [-0.05, 0) is 19.9 Å². The number of amides is 1. The summed E-state index contributed by atoms with van der Waals surface area (Å²) < 4.78 is 13.9. The van der Waals surface area contributed by atoms with E-state index in [0.29, 0.717) is 17.1 Å². The summed E-state index contributed by atoms with van der Waals surface area (Å²) in [5.41, 5.74) is 3.78. The normalized spacial score (nSPS) is 10.3. The quantitative estimate of drug-likeness (QED) is 0.490. The molecule has 0 aliphatic heterocycles. The van der Waals surface area contributed by atoms with Crippen LogP contribution in [-0.2, 0) is 0 Å². The lowest BCUT2D eigenvalue weighted by atomic mass is 10.2. The smallest absolute Gasteiger partial charge is 0.258 e. The predicted octanol–water partition coefficient (Wildman–Crippen LogP) is 1.10. The minimum absolute atomic E-state index is 0.150. The number of nitrogens with zero attached hydrogens (tertiary/aromatic N) is 2. The number of hydrazine groups is 1. The molecule has 5 N–H and O–H groups in total. The van der Waals surface area contributed by atoms with Crippen molar-refractivity contribution in [2.24, 2.45) is 5.84 Å². The number of nitrogen functional groups attached to an aromatic ring is 1. The van der Waals surface area contributed by atoms with Crippen molar-refractivity contribution >= 4 is 17.4 Å². The third-order valence-electron chi connectivity index (χ3n) is 2.64. The van der Waals surface area contributed by atoms with Gasteiger partial charge < -0.3 is 10.7 Å². The van der Waals surface area contributed by atoms with E-state index in [1.54, 1.807) is 13.8 Å². The molecule has 0 saturated carbocycles. The highest BCUT2D eigenvalue weighted by molar-refractivity contribution is 6.05. The van der Waals surface area contributed by atoms with Crippen LogP contribution in [0.5, 0.6) is 0 Å². The van der Waals surface area contributed by atoms with Crippen LogP contribution in [-0.4, -0.2) is 21.1 Å². The van der Waals surface area contributed by atoms with E-state index in [1.807, 2.05) is 0 Å². The second-order valence-corrected chi connectivity index (χ2v) is 3.93. The number of anilines is 2. The highest BCUT2D eigenvalue weighted by Gasteiger charge is 2.18. The molecular formula is C11H13FN6O. The predicted molar refractivity (Wildman–Crippen MR) is 68.0 cm³/mol. The van der Waals surface area contributed by atoms with E-state index >= 15 is 0 Å². The second kappa shape index (κ2) is 5.02. The Balaban J connectivity index is 2.31. The van der Waals surface area contributed by atoms with E-state index < -0.39 is 11.7 Å². The van der Waals surface area contributed by atoms with Crippen LogP contribution < -0.4 is 16.6 Å². The van der Waals surface area contributed by atoms with Crippen LogP contribution in [0.2, 0.25) is 0 Å². The van der Waals surface area contributed by atoms with Gasteiger partial charge in [0.05, 0.1) is 22.6 Å². The molecule has 2 heterocycles. The first-order valence-corrected chi connectivity index (χ1v) is 5.48. The fraction of sp³-hybridized carbons (Fsp3) is 0.182. The van der Waals surface area contributed by atoms with Gasteiger partial charge in [0.1, 0.15) is 0 Å². The van der Waals surface area contributed by atoms with Gasteiger partial charge in [0.15, 0.2) is 11.6 Å². The number of aromatic amines is 1. The topological polar surface area (TPSA) is 109 Å². The van der Waals surface area contributed by atoms with Gasteiger partial charge in [0, 0.05) is 6.20 Å². The highest BCUT2D eigenvalue weighted by Crippen LogP contribution is 2.19. The molecule has 0 bridgehead atoms. The molecule has 0 saturated heterocycles. The lowest BCUT2D eigenvalue weighted by Crippen LogP contribution is -2.18. The average Bonchev–Trinajstić information content (AvgIpc) is 2.70. The largest absolute Gasteiger partial charge is 0.319 e. The summed E-state index contributed by atoms with van der Waals surface area (Å²) in [6, 6.07) is 1.27. The maximum Gasteiger partial charge on any atom is 0.258 e. The number of hydrogen-bond acceptors (Lipinski definition) is 5. The molecule has 0 aliphatic carbocycles. The van der Waals surface area contributed by atoms with Crippen molar-refractivity contribution in [2.75, 3.05) is 10.7 Å². The second-order valence-electron chi connectivity index (χ2n) is 3.93. The Morgan fingerprint density at radius 2 is 2.21 bits per heavy atom. The van der Waals surface area contributed by atoms with Crippen LogP contribution in [0.4, 0.5) is 15.9 Å². The van der Waals surface area contributed by atoms with Crippen LogP contribution in [0.1, 0.15) is 21.7 Å².